The minimum Gasteiger partial charge on any atom is -0.418 e. The van der Waals surface area contributed by atoms with E-state index in [0.717, 1.165) is 35.5 Å². The molecule has 1 fully saturated rings. The molecule has 4 rings (SSSR count). The van der Waals surface area contributed by atoms with Crippen molar-refractivity contribution in [2.75, 3.05) is 6.54 Å². The van der Waals surface area contributed by atoms with Gasteiger partial charge in [0.25, 0.3) is 11.8 Å². The largest absolute Gasteiger partial charge is 0.418 e. The van der Waals surface area contributed by atoms with Gasteiger partial charge >= 0.3 is 0 Å². The monoisotopic (exact) mass is 346 g/mol. The van der Waals surface area contributed by atoms with Gasteiger partial charge in [0.05, 0.1) is 16.8 Å². The normalized spacial score (nSPS) is 17.8. The van der Waals surface area contributed by atoms with E-state index in [0.29, 0.717) is 11.8 Å². The lowest BCUT2D eigenvalue weighted by molar-refractivity contribution is 0.0716. The maximum atomic E-state index is 12.6. The molecule has 6 nitrogen and oxygen atoms in total. The van der Waals surface area contributed by atoms with Gasteiger partial charge in [0.2, 0.25) is 5.89 Å². The lowest BCUT2D eigenvalue weighted by Crippen LogP contribution is -2.30. The number of carbonyl (C=O) groups excluding carboxylic acids is 1. The van der Waals surface area contributed by atoms with E-state index in [2.05, 4.69) is 15.2 Å². The third-order valence-electron chi connectivity index (χ3n) is 3.95. The van der Waals surface area contributed by atoms with Crippen molar-refractivity contribution < 1.29 is 9.21 Å². The minimum atomic E-state index is -0.142. The van der Waals surface area contributed by atoms with E-state index in [1.54, 1.807) is 5.51 Å². The Morgan fingerprint density at radius 3 is 3.09 bits per heavy atom. The molecule has 1 atom stereocenters. The number of rotatable bonds is 3. The summed E-state index contributed by atoms with van der Waals surface area (Å²) in [6.45, 7) is 2.63. The zero-order valence-corrected chi connectivity index (χ0v) is 14.1. The number of thiazole rings is 1. The van der Waals surface area contributed by atoms with Crippen LogP contribution >= 0.6 is 22.7 Å². The molecule has 3 aromatic heterocycles. The fraction of sp³-hybridized carbons (Fsp3) is 0.333. The van der Waals surface area contributed by atoms with Gasteiger partial charge in [-0.05, 0) is 31.2 Å². The predicted octanol–water partition coefficient (Wildman–Crippen LogP) is 3.54. The first kappa shape index (κ1) is 14.5. The average Bonchev–Trinajstić information content (AvgIpc) is 3.32. The third kappa shape index (κ3) is 2.57. The van der Waals surface area contributed by atoms with Crippen molar-refractivity contribution in [3.8, 4) is 10.8 Å². The molecule has 118 valence electrons. The maximum Gasteiger partial charge on any atom is 0.259 e. The van der Waals surface area contributed by atoms with Crippen LogP contribution in [-0.2, 0) is 0 Å². The highest BCUT2D eigenvalue weighted by atomic mass is 32.1. The van der Waals surface area contributed by atoms with Crippen LogP contribution in [-0.4, -0.2) is 32.5 Å². The molecule has 0 saturated carbocycles. The van der Waals surface area contributed by atoms with Crippen molar-refractivity contribution in [2.24, 2.45) is 0 Å². The Balaban J connectivity index is 1.61. The highest BCUT2D eigenvalue weighted by molar-refractivity contribution is 7.13. The lowest BCUT2D eigenvalue weighted by atomic mass is 10.2. The van der Waals surface area contributed by atoms with Gasteiger partial charge in [-0.25, -0.2) is 4.98 Å². The highest BCUT2D eigenvalue weighted by Gasteiger charge is 2.34. The van der Waals surface area contributed by atoms with E-state index in [4.69, 9.17) is 4.42 Å². The standard InChI is InChI=1S/C15H14N4O2S2/c1-9-12(23-8-16-9)14-18-17-13(21-14)11-3-2-5-19(11)15(20)10-4-6-22-7-10/h4,6-8,11H,2-3,5H2,1H3. The number of thiophene rings is 1. The molecule has 4 heterocycles. The third-order valence-corrected chi connectivity index (χ3v) is 5.55. The first-order chi connectivity index (χ1) is 11.2. The molecular weight excluding hydrogens is 332 g/mol. The van der Waals surface area contributed by atoms with E-state index in [1.165, 1.54) is 22.7 Å². The van der Waals surface area contributed by atoms with Crippen molar-refractivity contribution in [3.05, 3.63) is 39.5 Å². The number of likely N-dealkylation sites (tertiary alicyclic amines) is 1. The minimum absolute atomic E-state index is 0.0301. The zero-order chi connectivity index (χ0) is 15.8. The van der Waals surface area contributed by atoms with Crippen molar-refractivity contribution in [2.45, 2.75) is 25.8 Å². The lowest BCUT2D eigenvalue weighted by Gasteiger charge is -2.21. The van der Waals surface area contributed by atoms with Crippen LogP contribution < -0.4 is 0 Å². The van der Waals surface area contributed by atoms with E-state index < -0.39 is 0 Å². The van der Waals surface area contributed by atoms with Crippen LogP contribution in [0.3, 0.4) is 0 Å². The quantitative estimate of drug-likeness (QED) is 0.725. The number of nitrogens with zero attached hydrogens (tertiary/aromatic N) is 4. The zero-order valence-electron chi connectivity index (χ0n) is 12.4. The Bertz CT molecular complexity index is 824. The Kier molecular flexibility index (Phi) is 3.70. The molecule has 3 aromatic rings. The maximum absolute atomic E-state index is 12.6. The van der Waals surface area contributed by atoms with Crippen molar-refractivity contribution >= 4 is 28.6 Å². The molecule has 1 saturated heterocycles. The topological polar surface area (TPSA) is 72.1 Å². The Morgan fingerprint density at radius 1 is 1.43 bits per heavy atom. The Morgan fingerprint density at radius 2 is 2.35 bits per heavy atom. The van der Waals surface area contributed by atoms with Gasteiger partial charge in [0, 0.05) is 11.9 Å². The second-order valence-electron chi connectivity index (χ2n) is 5.38. The molecule has 23 heavy (non-hydrogen) atoms. The average molecular weight is 346 g/mol. The van der Waals surface area contributed by atoms with Gasteiger partial charge < -0.3 is 9.32 Å². The van der Waals surface area contributed by atoms with Crippen LogP contribution in [0.25, 0.3) is 10.8 Å². The van der Waals surface area contributed by atoms with Crippen LogP contribution in [0.4, 0.5) is 0 Å². The van der Waals surface area contributed by atoms with E-state index in [-0.39, 0.29) is 11.9 Å². The molecule has 0 bridgehead atoms. The van der Waals surface area contributed by atoms with Gasteiger partial charge in [0.1, 0.15) is 10.9 Å². The molecule has 8 heteroatoms. The highest BCUT2D eigenvalue weighted by Crippen LogP contribution is 2.35. The molecule has 1 amide bonds. The summed E-state index contributed by atoms with van der Waals surface area (Å²) in [6.07, 6.45) is 1.79. The molecular formula is C15H14N4O2S2. The first-order valence-electron chi connectivity index (χ1n) is 7.31. The van der Waals surface area contributed by atoms with Crippen molar-refractivity contribution in [3.63, 3.8) is 0 Å². The van der Waals surface area contributed by atoms with E-state index >= 15 is 0 Å². The van der Waals surface area contributed by atoms with Crippen LogP contribution in [0.15, 0.2) is 26.8 Å². The van der Waals surface area contributed by atoms with Crippen LogP contribution in [0.2, 0.25) is 0 Å². The van der Waals surface area contributed by atoms with Crippen molar-refractivity contribution in [1.29, 1.82) is 0 Å². The van der Waals surface area contributed by atoms with E-state index in [1.807, 2.05) is 28.7 Å². The number of amides is 1. The summed E-state index contributed by atoms with van der Waals surface area (Å²) >= 11 is 3.00. The van der Waals surface area contributed by atoms with Crippen LogP contribution in [0, 0.1) is 6.92 Å². The van der Waals surface area contributed by atoms with Crippen LogP contribution in [0.5, 0.6) is 0 Å². The van der Waals surface area contributed by atoms with Gasteiger partial charge in [0.15, 0.2) is 0 Å². The number of aromatic nitrogens is 3. The summed E-state index contributed by atoms with van der Waals surface area (Å²) in [6, 6.07) is 1.71. The summed E-state index contributed by atoms with van der Waals surface area (Å²) in [5, 5.41) is 12.1. The smallest absolute Gasteiger partial charge is 0.259 e. The first-order valence-corrected chi connectivity index (χ1v) is 9.13. The fourth-order valence-corrected chi connectivity index (χ4v) is 4.14. The number of hydrogen-bond donors (Lipinski definition) is 0. The molecule has 1 aliphatic rings. The second kappa shape index (κ2) is 5.86. The molecule has 1 unspecified atom stereocenters. The van der Waals surface area contributed by atoms with Gasteiger partial charge in [-0.15, -0.1) is 21.5 Å². The molecule has 0 radical (unpaired) electrons. The molecule has 0 aliphatic carbocycles. The summed E-state index contributed by atoms with van der Waals surface area (Å²) in [4.78, 5) is 19.5. The predicted molar refractivity (Wildman–Crippen MR) is 87.5 cm³/mol. The van der Waals surface area contributed by atoms with Gasteiger partial charge in [-0.3, -0.25) is 4.79 Å². The van der Waals surface area contributed by atoms with Crippen LogP contribution in [0.1, 0.15) is 40.8 Å². The number of carbonyl (C=O) groups is 1. The molecule has 0 spiro atoms. The summed E-state index contributed by atoms with van der Waals surface area (Å²) in [5.74, 6) is 1.02. The summed E-state index contributed by atoms with van der Waals surface area (Å²) in [5.41, 5.74) is 3.36. The molecule has 1 aliphatic heterocycles. The van der Waals surface area contributed by atoms with Gasteiger partial charge in [-0.1, -0.05) is 0 Å². The number of aryl methyl sites for hydroxylation is 1. The second-order valence-corrected chi connectivity index (χ2v) is 7.02. The SMILES string of the molecule is Cc1ncsc1-c1nnc(C2CCCN2C(=O)c2ccsc2)o1. The Hall–Kier alpha value is -2.06. The Labute approximate surface area is 140 Å². The fourth-order valence-electron chi connectivity index (χ4n) is 2.79. The molecule has 0 aromatic carbocycles. The van der Waals surface area contributed by atoms with Crippen molar-refractivity contribution in [1.82, 2.24) is 20.1 Å². The van der Waals surface area contributed by atoms with E-state index in [9.17, 15) is 4.79 Å². The molecule has 0 N–H and O–H groups in total. The van der Waals surface area contributed by atoms with Gasteiger partial charge in [-0.2, -0.15) is 11.3 Å². The summed E-state index contributed by atoms with van der Waals surface area (Å²) in [7, 11) is 0. The number of hydrogen-bond acceptors (Lipinski definition) is 7. The summed E-state index contributed by atoms with van der Waals surface area (Å²) < 4.78 is 5.85.